The lowest BCUT2D eigenvalue weighted by Crippen LogP contribution is -2.35. The van der Waals surface area contributed by atoms with Crippen LogP contribution in [0.5, 0.6) is 0 Å². The number of nitrogens with zero attached hydrogens (tertiary/aromatic N) is 2. The zero-order valence-corrected chi connectivity index (χ0v) is 15.2. The quantitative estimate of drug-likeness (QED) is 0.722. The van der Waals surface area contributed by atoms with Crippen molar-refractivity contribution in [2.24, 2.45) is 0 Å². The number of amides is 2. The van der Waals surface area contributed by atoms with Gasteiger partial charge in [-0.2, -0.15) is 5.10 Å². The van der Waals surface area contributed by atoms with Crippen molar-refractivity contribution in [3.05, 3.63) is 70.0 Å². The summed E-state index contributed by atoms with van der Waals surface area (Å²) < 4.78 is 1.44. The van der Waals surface area contributed by atoms with Crippen molar-refractivity contribution in [2.45, 2.75) is 20.4 Å². The van der Waals surface area contributed by atoms with Crippen molar-refractivity contribution in [1.29, 1.82) is 0 Å². The van der Waals surface area contributed by atoms with Gasteiger partial charge in [0.2, 0.25) is 17.2 Å². The van der Waals surface area contributed by atoms with Gasteiger partial charge in [-0.25, -0.2) is 0 Å². The minimum Gasteiger partial charge on any atom is -0.345 e. The van der Waals surface area contributed by atoms with Crippen LogP contribution in [-0.4, -0.2) is 28.1 Å². The number of hydrogen-bond acceptors (Lipinski definition) is 4. The average Bonchev–Trinajstić information content (AvgIpc) is 2.66. The van der Waals surface area contributed by atoms with Gasteiger partial charge in [-0.05, 0) is 37.1 Å². The summed E-state index contributed by atoms with van der Waals surface area (Å²) in [5, 5.41) is 9.90. The van der Waals surface area contributed by atoms with Crippen molar-refractivity contribution in [3.63, 3.8) is 0 Å². The molecule has 0 unspecified atom stereocenters. The van der Waals surface area contributed by atoms with E-state index in [1.807, 2.05) is 32.0 Å². The molecule has 0 aliphatic rings. The molecule has 0 bridgehead atoms. The second-order valence-electron chi connectivity index (χ2n) is 6.28. The summed E-state index contributed by atoms with van der Waals surface area (Å²) in [6.07, 6.45) is 1.18. The van der Waals surface area contributed by atoms with Crippen LogP contribution in [-0.2, 0) is 16.1 Å². The van der Waals surface area contributed by atoms with Crippen molar-refractivity contribution < 1.29 is 9.59 Å². The van der Waals surface area contributed by atoms with Gasteiger partial charge in [0.25, 0.3) is 0 Å². The second kappa shape index (κ2) is 7.82. The molecule has 2 aromatic carbocycles. The Kier molecular flexibility index (Phi) is 5.30. The van der Waals surface area contributed by atoms with E-state index in [1.165, 1.54) is 10.9 Å². The standard InChI is InChI=1S/C20H20N4O3/c1-13-6-5-7-14(2)20(13)23-18(26)11-21-19(27)12-24-16-9-4-3-8-15(16)17(25)10-22-24/h3-10H,11-12H2,1-2H3,(H,21,27)(H,23,26). The normalized spacial score (nSPS) is 10.6. The minimum absolute atomic E-state index is 0.0858. The molecule has 0 spiro atoms. The number of fused-ring (bicyclic) bond motifs is 1. The number of hydrogen-bond donors (Lipinski definition) is 2. The summed E-state index contributed by atoms with van der Waals surface area (Å²) in [5.41, 5.74) is 3.04. The second-order valence-corrected chi connectivity index (χ2v) is 6.28. The number of carbonyl (C=O) groups is 2. The van der Waals surface area contributed by atoms with Gasteiger partial charge < -0.3 is 10.6 Å². The first-order chi connectivity index (χ1) is 13.0. The molecule has 27 heavy (non-hydrogen) atoms. The van der Waals surface area contributed by atoms with E-state index < -0.39 is 0 Å². The number of benzene rings is 2. The molecule has 0 aliphatic heterocycles. The van der Waals surface area contributed by atoms with Gasteiger partial charge in [0.1, 0.15) is 6.54 Å². The van der Waals surface area contributed by atoms with Crippen LogP contribution in [0, 0.1) is 13.8 Å². The van der Waals surface area contributed by atoms with Gasteiger partial charge in [0.05, 0.1) is 18.3 Å². The third kappa shape index (κ3) is 4.20. The zero-order chi connectivity index (χ0) is 19.4. The Morgan fingerprint density at radius 2 is 1.70 bits per heavy atom. The van der Waals surface area contributed by atoms with Crippen LogP contribution in [0.3, 0.4) is 0 Å². The number of anilines is 1. The fourth-order valence-corrected chi connectivity index (χ4v) is 2.85. The van der Waals surface area contributed by atoms with E-state index in [9.17, 15) is 14.4 Å². The van der Waals surface area contributed by atoms with Crippen molar-refractivity contribution in [1.82, 2.24) is 15.1 Å². The lowest BCUT2D eigenvalue weighted by atomic mass is 10.1. The van der Waals surface area contributed by atoms with E-state index in [4.69, 9.17) is 0 Å². The molecule has 2 amide bonds. The molecule has 0 aliphatic carbocycles. The maximum atomic E-state index is 12.2. The maximum Gasteiger partial charge on any atom is 0.243 e. The first-order valence-corrected chi connectivity index (χ1v) is 8.53. The molecule has 0 saturated heterocycles. The van der Waals surface area contributed by atoms with Crippen molar-refractivity contribution in [3.8, 4) is 0 Å². The van der Waals surface area contributed by atoms with Gasteiger partial charge in [-0.15, -0.1) is 0 Å². The highest BCUT2D eigenvalue weighted by Crippen LogP contribution is 2.18. The van der Waals surface area contributed by atoms with Crippen LogP contribution in [0.25, 0.3) is 10.9 Å². The predicted octanol–water partition coefficient (Wildman–Crippen LogP) is 1.77. The van der Waals surface area contributed by atoms with Gasteiger partial charge >= 0.3 is 0 Å². The highest BCUT2D eigenvalue weighted by Gasteiger charge is 2.11. The summed E-state index contributed by atoms with van der Waals surface area (Å²) in [6, 6.07) is 12.7. The van der Waals surface area contributed by atoms with E-state index in [0.29, 0.717) is 10.9 Å². The third-order valence-electron chi connectivity index (χ3n) is 4.25. The highest BCUT2D eigenvalue weighted by molar-refractivity contribution is 5.95. The summed E-state index contributed by atoms with van der Waals surface area (Å²) >= 11 is 0. The molecule has 0 saturated carbocycles. The molecule has 7 heteroatoms. The summed E-state index contributed by atoms with van der Waals surface area (Å²) in [4.78, 5) is 36.2. The molecular weight excluding hydrogens is 344 g/mol. The first-order valence-electron chi connectivity index (χ1n) is 8.53. The Labute approximate surface area is 156 Å². The molecule has 1 heterocycles. The van der Waals surface area contributed by atoms with Crippen LogP contribution >= 0.6 is 0 Å². The molecule has 0 atom stereocenters. The number of para-hydroxylation sites is 2. The Hall–Kier alpha value is -3.48. The Morgan fingerprint density at radius 3 is 2.44 bits per heavy atom. The number of nitrogens with one attached hydrogen (secondary N) is 2. The Balaban J connectivity index is 1.63. The molecule has 3 rings (SSSR count). The Morgan fingerprint density at radius 1 is 1.00 bits per heavy atom. The fraction of sp³-hybridized carbons (Fsp3) is 0.200. The smallest absolute Gasteiger partial charge is 0.243 e. The first kappa shape index (κ1) is 18.3. The zero-order valence-electron chi connectivity index (χ0n) is 15.2. The van der Waals surface area contributed by atoms with Crippen LogP contribution in [0.1, 0.15) is 11.1 Å². The number of carbonyl (C=O) groups excluding carboxylic acids is 2. The topological polar surface area (TPSA) is 93.1 Å². The molecule has 7 nitrogen and oxygen atoms in total. The van der Waals surface area contributed by atoms with Gasteiger partial charge in [0.15, 0.2) is 0 Å². The average molecular weight is 364 g/mol. The van der Waals surface area contributed by atoms with Gasteiger partial charge in [-0.1, -0.05) is 30.3 Å². The summed E-state index contributed by atoms with van der Waals surface area (Å²) in [5.74, 6) is -0.675. The van der Waals surface area contributed by atoms with Crippen molar-refractivity contribution in [2.75, 3.05) is 11.9 Å². The molecule has 2 N–H and O–H groups in total. The van der Waals surface area contributed by atoms with Crippen LogP contribution in [0.15, 0.2) is 53.5 Å². The molecule has 138 valence electrons. The van der Waals surface area contributed by atoms with Gasteiger partial charge in [0, 0.05) is 11.1 Å². The molecule has 3 aromatic rings. The van der Waals surface area contributed by atoms with E-state index in [1.54, 1.807) is 24.3 Å². The predicted molar refractivity (Wildman–Crippen MR) is 104 cm³/mol. The highest BCUT2D eigenvalue weighted by atomic mass is 16.2. The number of rotatable bonds is 5. The maximum absolute atomic E-state index is 12.2. The minimum atomic E-state index is -0.368. The van der Waals surface area contributed by atoms with Gasteiger partial charge in [-0.3, -0.25) is 19.1 Å². The Bertz CT molecular complexity index is 1050. The lowest BCUT2D eigenvalue weighted by Gasteiger charge is -2.12. The molecule has 0 fully saturated rings. The van der Waals surface area contributed by atoms with E-state index in [-0.39, 0.29) is 30.3 Å². The molecule has 0 radical (unpaired) electrons. The van der Waals surface area contributed by atoms with Crippen LogP contribution in [0.2, 0.25) is 0 Å². The SMILES string of the molecule is Cc1cccc(C)c1NC(=O)CNC(=O)Cn1ncc(=O)c2ccccc21. The van der Waals surface area contributed by atoms with E-state index >= 15 is 0 Å². The third-order valence-corrected chi connectivity index (χ3v) is 4.25. The largest absolute Gasteiger partial charge is 0.345 e. The number of aryl methyl sites for hydroxylation is 2. The lowest BCUT2D eigenvalue weighted by molar-refractivity contribution is -0.124. The van der Waals surface area contributed by atoms with Crippen LogP contribution in [0.4, 0.5) is 5.69 Å². The van der Waals surface area contributed by atoms with Crippen LogP contribution < -0.4 is 16.1 Å². The van der Waals surface area contributed by atoms with E-state index in [2.05, 4.69) is 15.7 Å². The number of aromatic nitrogens is 2. The molecular formula is C20H20N4O3. The van der Waals surface area contributed by atoms with Crippen molar-refractivity contribution >= 4 is 28.4 Å². The summed E-state index contributed by atoms with van der Waals surface area (Å²) in [7, 11) is 0. The van der Waals surface area contributed by atoms with E-state index in [0.717, 1.165) is 16.8 Å². The fourth-order valence-electron chi connectivity index (χ4n) is 2.85. The monoisotopic (exact) mass is 364 g/mol. The molecule has 1 aromatic heterocycles. The summed E-state index contributed by atoms with van der Waals surface area (Å²) in [6.45, 7) is 3.59.